The van der Waals surface area contributed by atoms with Crippen LogP contribution in [0.1, 0.15) is 0 Å². The van der Waals surface area contributed by atoms with E-state index in [-0.39, 0.29) is 112 Å². The van der Waals surface area contributed by atoms with Crippen LogP contribution in [0, 0.1) is 0 Å². The molecule has 0 aliphatic heterocycles. The van der Waals surface area contributed by atoms with Crippen LogP contribution in [0.25, 0.3) is 0 Å². The molecule has 26 heavy (non-hydrogen) atoms. The molecule has 152 valence electrons. The zero-order valence-corrected chi connectivity index (χ0v) is 20.8. The molecule has 0 spiro atoms. The first-order valence-electron chi connectivity index (χ1n) is 2.92. The fourth-order valence-corrected chi connectivity index (χ4v) is 0. The maximum Gasteiger partial charge on any atom is 4.00 e. The van der Waals surface area contributed by atoms with Gasteiger partial charge in [-0.05, 0) is 32.9 Å². The Morgan fingerprint density at radius 1 is 0.308 bits per heavy atom. The molecule has 0 fully saturated rings. The summed E-state index contributed by atoms with van der Waals surface area (Å²) in [4.78, 5) is 103. The molecule has 0 saturated heterocycles. The second-order valence-corrected chi connectivity index (χ2v) is 5.37. The van der Waals surface area contributed by atoms with Gasteiger partial charge in [-0.1, -0.05) is 0 Å². The van der Waals surface area contributed by atoms with Crippen molar-refractivity contribution >= 4 is 64.2 Å². The van der Waals surface area contributed by atoms with Crippen molar-refractivity contribution in [3.8, 4) is 0 Å². The molecule has 0 rings (SSSR count). The van der Waals surface area contributed by atoms with Crippen molar-refractivity contribution in [1.29, 1.82) is 0 Å². The minimum Gasteiger partial charge on any atom is -0.822 e. The van der Waals surface area contributed by atoms with Gasteiger partial charge in [0.2, 0.25) is 0 Å². The van der Waals surface area contributed by atoms with E-state index in [1.165, 1.54) is 0 Å². The Kier molecular flexibility index (Phi) is 69.7. The third kappa shape index (κ3) is 1420. The summed E-state index contributed by atoms with van der Waals surface area (Å²) in [6.45, 7) is 0. The normalized spacial score (nSPS) is 9.08. The van der Waals surface area contributed by atoms with Gasteiger partial charge in [0, 0.05) is 0 Å². The van der Waals surface area contributed by atoms with Gasteiger partial charge in [0.05, 0.1) is 0 Å². The topological polar surface area (TPSA) is 345 Å². The van der Waals surface area contributed by atoms with Crippen LogP contribution < -0.4 is 58.7 Å². The van der Waals surface area contributed by atoms with E-state index in [2.05, 4.69) is 0 Å². The van der Waals surface area contributed by atoms with E-state index in [9.17, 15) is 0 Å². The molecule has 0 N–H and O–H groups in total. The van der Waals surface area contributed by atoms with Crippen LogP contribution in [-0.4, -0.2) is 32.9 Å². The van der Waals surface area contributed by atoms with Crippen molar-refractivity contribution in [1.82, 2.24) is 0 Å². The first kappa shape index (κ1) is 63.0. The van der Waals surface area contributed by atoms with Gasteiger partial charge in [0.25, 0.3) is 0 Å². The van der Waals surface area contributed by atoms with Gasteiger partial charge in [-0.3, -0.25) is 0 Å². The van der Waals surface area contributed by atoms with Crippen LogP contribution in [0.15, 0.2) is 0 Å². The van der Waals surface area contributed by atoms with Gasteiger partial charge in [0.1, 0.15) is 0 Å². The van der Waals surface area contributed by atoms with Crippen molar-refractivity contribution in [3.05, 3.63) is 0 Å². The number of hydrogen-bond acceptors (Lipinski definition) is 16. The Balaban J connectivity index is -0.0000000152. The van der Waals surface area contributed by atoms with Crippen molar-refractivity contribution in [2.24, 2.45) is 0 Å². The van der Waals surface area contributed by atoms with Crippen LogP contribution in [0.4, 0.5) is 0 Å². The third-order valence-corrected chi connectivity index (χ3v) is 0. The zero-order valence-electron chi connectivity index (χ0n) is 9.82. The first-order valence-corrected chi connectivity index (χ1v) is 8.76. The van der Waals surface area contributed by atoms with Crippen molar-refractivity contribution in [2.45, 2.75) is 0 Å². The van der Waals surface area contributed by atoms with E-state index in [4.69, 9.17) is 77.0 Å². The summed E-state index contributed by atoms with van der Waals surface area (Å²) in [6, 6.07) is 0. The molecule has 0 saturated carbocycles. The van der Waals surface area contributed by atoms with Crippen LogP contribution >= 0.6 is 31.3 Å². The molecule has 0 amide bonds. The number of rotatable bonds is 0. The van der Waals surface area contributed by atoms with Crippen LogP contribution in [0.5, 0.6) is 0 Å². The largest absolute Gasteiger partial charge is 4.00 e. The third-order valence-electron chi connectivity index (χ3n) is 0. The second-order valence-electron chi connectivity index (χ2n) is 1.79. The quantitative estimate of drug-likeness (QED) is 0.164. The summed E-state index contributed by atoms with van der Waals surface area (Å²) in [7, 11) is -21.6. The van der Waals surface area contributed by atoms with Gasteiger partial charge in [-0.25, -0.2) is 0 Å². The average molecular weight is 750 g/mol. The second kappa shape index (κ2) is 28.7. The Bertz CT molecular complexity index is 305. The number of phosphoric acid groups is 4. The molecule has 26 heteroatoms. The minimum absolute atomic E-state index is 0. The van der Waals surface area contributed by atoms with E-state index in [0.29, 0.717) is 0 Å². The maximum absolute atomic E-state index is 8.55. The van der Waals surface area contributed by atoms with Crippen molar-refractivity contribution in [3.63, 3.8) is 0 Å². The monoisotopic (exact) mass is 746 g/mol. The Morgan fingerprint density at radius 3 is 0.308 bits per heavy atom. The van der Waals surface area contributed by atoms with E-state index < -0.39 is 31.3 Å². The summed E-state index contributed by atoms with van der Waals surface area (Å²) in [6.07, 6.45) is 0. The van der Waals surface area contributed by atoms with Gasteiger partial charge < -0.3 is 77.0 Å². The summed E-state index contributed by atoms with van der Waals surface area (Å²) in [5.41, 5.74) is 0. The van der Waals surface area contributed by atoms with Gasteiger partial charge in [-0.15, -0.1) is 0 Å². The zero-order chi connectivity index (χ0) is 18.0. The van der Waals surface area contributed by atoms with Crippen LogP contribution in [0.2, 0.25) is 0 Å². The molecule has 0 aromatic rings. The molecule has 16 nitrogen and oxygen atoms in total. The number of hydrogen-bond donors (Lipinski definition) is 0. The predicted molar refractivity (Wildman–Crippen MR) is 64.4 cm³/mol. The van der Waals surface area contributed by atoms with E-state index >= 15 is 0 Å². The Hall–Kier alpha value is 3.74. The van der Waals surface area contributed by atoms with Gasteiger partial charge in [0.15, 0.2) is 0 Å². The molecule has 0 bridgehead atoms. The molecule has 0 aliphatic rings. The maximum atomic E-state index is 8.55. The smallest absolute Gasteiger partial charge is 0.822 e. The summed E-state index contributed by atoms with van der Waals surface area (Å²) < 4.78 is 34.2. The molecule has 0 aliphatic carbocycles. The van der Waals surface area contributed by atoms with Crippen molar-refractivity contribution < 1.29 is 156 Å². The standard InChI is InChI=1S/4H3O4P.3H4Si.3Zr/c4*1-5(2,3)4;;;;;;/h4*(H3,1,2,3,4);3*1H4;;;/q;;;;;;;3*+4/p-12. The van der Waals surface area contributed by atoms with Gasteiger partial charge in [-0.2, -0.15) is 31.3 Å². The van der Waals surface area contributed by atoms with Crippen LogP contribution in [0.3, 0.4) is 0 Å². The predicted octanol–water partition coefficient (Wildman–Crippen LogP) is -15.7. The van der Waals surface area contributed by atoms with E-state index in [1.54, 1.807) is 0 Å². The molecule has 0 radical (unpaired) electrons. The molecular weight excluding hydrogens is 738 g/mol. The molecule has 0 aromatic heterocycles. The molecule has 0 atom stereocenters. The average Bonchev–Trinajstić information content (AvgIpc) is 1.62. The fraction of sp³-hybridized carbons (Fsp3) is 0. The van der Waals surface area contributed by atoms with Crippen LogP contribution in [-0.2, 0) is 96.9 Å². The summed E-state index contributed by atoms with van der Waals surface area (Å²) in [5.74, 6) is 0. The molecular formula is H12O16P4Si3Zr3. The molecule has 0 heterocycles. The fourth-order valence-electron chi connectivity index (χ4n) is 0. The SMILES string of the molecule is O=P([O-])([O-])[O-].O=P([O-])([O-])[O-].O=P([O-])([O-])[O-].O=P([O-])([O-])[O-].[SiH4].[SiH4].[SiH4].[Zr+4].[Zr+4].[Zr+4]. The van der Waals surface area contributed by atoms with Gasteiger partial charge >= 0.3 is 78.6 Å². The minimum atomic E-state index is -5.39. The summed E-state index contributed by atoms with van der Waals surface area (Å²) >= 11 is 0. The summed E-state index contributed by atoms with van der Waals surface area (Å²) in [5, 5.41) is 0. The van der Waals surface area contributed by atoms with E-state index in [0.717, 1.165) is 0 Å². The Morgan fingerprint density at radius 2 is 0.308 bits per heavy atom. The molecule has 0 unspecified atom stereocenters. The first-order chi connectivity index (χ1) is 8.00. The van der Waals surface area contributed by atoms with Crippen molar-refractivity contribution in [2.75, 3.05) is 0 Å². The van der Waals surface area contributed by atoms with E-state index in [1.807, 2.05) is 0 Å². The Labute approximate surface area is 217 Å². The molecule has 0 aromatic carbocycles.